The van der Waals surface area contributed by atoms with Crippen molar-refractivity contribution in [1.82, 2.24) is 4.90 Å². The Morgan fingerprint density at radius 2 is 1.73 bits per heavy atom. The lowest BCUT2D eigenvalue weighted by Gasteiger charge is -2.22. The molecule has 0 radical (unpaired) electrons. The molecule has 0 aliphatic heterocycles. The molecule has 0 aliphatic rings. The van der Waals surface area contributed by atoms with Crippen molar-refractivity contribution in [2.45, 2.75) is 17.2 Å². The maximum atomic E-state index is 12.7. The first-order chi connectivity index (χ1) is 12.4. The number of halogens is 3. The van der Waals surface area contributed by atoms with Gasteiger partial charge >= 0.3 is 5.97 Å². The Kier molecular flexibility index (Phi) is 7.41. The molecule has 0 atom stereocenters. The SMILES string of the molecule is COC(=O)CN(Cc1ccc(Cl)cc1)C(=O)c1ccc(SC(F)F)cc1. The molecule has 0 bridgehead atoms. The summed E-state index contributed by atoms with van der Waals surface area (Å²) in [7, 11) is 1.24. The summed E-state index contributed by atoms with van der Waals surface area (Å²) < 4.78 is 29.4. The highest BCUT2D eigenvalue weighted by Crippen LogP contribution is 2.25. The average Bonchev–Trinajstić information content (AvgIpc) is 2.62. The van der Waals surface area contributed by atoms with Crippen LogP contribution in [-0.2, 0) is 16.1 Å². The number of hydrogen-bond donors (Lipinski definition) is 0. The molecular weight excluding hydrogens is 384 g/mol. The Morgan fingerprint density at radius 1 is 1.12 bits per heavy atom. The first-order valence-electron chi connectivity index (χ1n) is 7.54. The van der Waals surface area contributed by atoms with E-state index in [1.807, 2.05) is 0 Å². The standard InChI is InChI=1S/C18H16ClF2NO3S/c1-25-16(23)11-22(10-12-2-6-14(19)7-3-12)17(24)13-4-8-15(9-5-13)26-18(20)21/h2-9,18H,10-11H2,1H3. The van der Waals surface area contributed by atoms with Crippen LogP contribution >= 0.6 is 23.4 Å². The Bertz CT molecular complexity index is 754. The molecule has 0 heterocycles. The number of thioether (sulfide) groups is 1. The van der Waals surface area contributed by atoms with E-state index in [1.54, 1.807) is 24.3 Å². The van der Waals surface area contributed by atoms with Gasteiger partial charge in [-0.2, -0.15) is 8.78 Å². The molecular formula is C18H16ClF2NO3S. The van der Waals surface area contributed by atoms with Gasteiger partial charge in [0.15, 0.2) is 0 Å². The van der Waals surface area contributed by atoms with Crippen molar-refractivity contribution in [3.05, 3.63) is 64.7 Å². The van der Waals surface area contributed by atoms with E-state index in [2.05, 4.69) is 4.74 Å². The van der Waals surface area contributed by atoms with Crippen molar-refractivity contribution in [3.8, 4) is 0 Å². The summed E-state index contributed by atoms with van der Waals surface area (Å²) in [6.07, 6.45) is 0. The first kappa shape index (κ1) is 20.2. The highest BCUT2D eigenvalue weighted by molar-refractivity contribution is 7.99. The zero-order chi connectivity index (χ0) is 19.1. The molecule has 0 unspecified atom stereocenters. The van der Waals surface area contributed by atoms with Crippen molar-refractivity contribution in [3.63, 3.8) is 0 Å². The van der Waals surface area contributed by atoms with Crippen LogP contribution in [0.1, 0.15) is 15.9 Å². The summed E-state index contributed by atoms with van der Waals surface area (Å²) in [5.74, 6) is -3.49. The fraction of sp³-hybridized carbons (Fsp3) is 0.222. The number of methoxy groups -OCH3 is 1. The van der Waals surface area contributed by atoms with Gasteiger partial charge in [0.25, 0.3) is 11.7 Å². The third-order valence-corrected chi connectivity index (χ3v) is 4.42. The summed E-state index contributed by atoms with van der Waals surface area (Å²) >= 11 is 6.25. The third kappa shape index (κ3) is 6.00. The molecule has 0 fully saturated rings. The minimum Gasteiger partial charge on any atom is -0.468 e. The normalized spacial score (nSPS) is 10.7. The van der Waals surface area contributed by atoms with Crippen molar-refractivity contribution in [2.75, 3.05) is 13.7 Å². The number of alkyl halides is 2. The predicted octanol–water partition coefficient (Wildman–Crippen LogP) is 4.47. The zero-order valence-electron chi connectivity index (χ0n) is 13.8. The molecule has 1 amide bonds. The number of carbonyl (C=O) groups excluding carboxylic acids is 2. The van der Waals surface area contributed by atoms with Crippen molar-refractivity contribution < 1.29 is 23.1 Å². The van der Waals surface area contributed by atoms with Gasteiger partial charge in [-0.25, -0.2) is 0 Å². The topological polar surface area (TPSA) is 46.6 Å². The van der Waals surface area contributed by atoms with Crippen molar-refractivity contribution in [2.24, 2.45) is 0 Å². The Labute approximate surface area is 159 Å². The van der Waals surface area contributed by atoms with Gasteiger partial charge in [-0.05, 0) is 42.0 Å². The van der Waals surface area contributed by atoms with E-state index in [0.717, 1.165) is 5.56 Å². The number of ether oxygens (including phenoxy) is 1. The van der Waals surface area contributed by atoms with Gasteiger partial charge in [0.1, 0.15) is 6.54 Å². The molecule has 2 aromatic carbocycles. The average molecular weight is 400 g/mol. The largest absolute Gasteiger partial charge is 0.468 e. The molecule has 26 heavy (non-hydrogen) atoms. The summed E-state index contributed by atoms with van der Waals surface area (Å²) in [6, 6.07) is 12.7. The Balaban J connectivity index is 2.18. The van der Waals surface area contributed by atoms with Gasteiger partial charge in [-0.15, -0.1) is 0 Å². The summed E-state index contributed by atoms with van der Waals surface area (Å²) in [5.41, 5.74) is 1.08. The molecule has 8 heteroatoms. The van der Waals surface area contributed by atoms with Crippen LogP contribution in [0, 0.1) is 0 Å². The quantitative estimate of drug-likeness (QED) is 0.509. The molecule has 4 nitrogen and oxygen atoms in total. The Morgan fingerprint density at radius 3 is 2.27 bits per heavy atom. The van der Waals surface area contributed by atoms with Gasteiger partial charge in [-0.1, -0.05) is 35.5 Å². The molecule has 0 saturated heterocycles. The number of esters is 1. The van der Waals surface area contributed by atoms with E-state index in [1.165, 1.54) is 36.3 Å². The van der Waals surface area contributed by atoms with Crippen LogP contribution in [0.4, 0.5) is 8.78 Å². The van der Waals surface area contributed by atoms with Gasteiger partial charge in [0.2, 0.25) is 0 Å². The minimum absolute atomic E-state index is 0.179. The van der Waals surface area contributed by atoms with E-state index < -0.39 is 17.6 Å². The maximum Gasteiger partial charge on any atom is 0.325 e. The zero-order valence-corrected chi connectivity index (χ0v) is 15.4. The van der Waals surface area contributed by atoms with Crippen molar-refractivity contribution in [1.29, 1.82) is 0 Å². The van der Waals surface area contributed by atoms with Crippen LogP contribution in [0.3, 0.4) is 0 Å². The number of nitrogens with zero attached hydrogens (tertiary/aromatic N) is 1. The minimum atomic E-state index is -2.53. The van der Waals surface area contributed by atoms with E-state index in [-0.39, 0.29) is 13.1 Å². The number of hydrogen-bond acceptors (Lipinski definition) is 4. The number of carbonyl (C=O) groups is 2. The highest BCUT2D eigenvalue weighted by atomic mass is 35.5. The van der Waals surface area contributed by atoms with Crippen LogP contribution in [0.15, 0.2) is 53.4 Å². The molecule has 2 aromatic rings. The number of rotatable bonds is 7. The van der Waals surface area contributed by atoms with Gasteiger partial charge in [0, 0.05) is 22.0 Å². The number of benzene rings is 2. The molecule has 0 N–H and O–H groups in total. The highest BCUT2D eigenvalue weighted by Gasteiger charge is 2.20. The van der Waals surface area contributed by atoms with Crippen molar-refractivity contribution >= 4 is 35.2 Å². The lowest BCUT2D eigenvalue weighted by molar-refractivity contribution is -0.141. The lowest BCUT2D eigenvalue weighted by Crippen LogP contribution is -2.35. The maximum absolute atomic E-state index is 12.7. The van der Waals surface area contributed by atoms with Crippen LogP contribution in [-0.4, -0.2) is 36.2 Å². The van der Waals surface area contributed by atoms with Gasteiger partial charge in [-0.3, -0.25) is 9.59 Å². The van der Waals surface area contributed by atoms with E-state index in [0.29, 0.717) is 27.2 Å². The summed E-state index contributed by atoms with van der Waals surface area (Å²) in [4.78, 5) is 26.1. The predicted molar refractivity (Wildman–Crippen MR) is 96.5 cm³/mol. The third-order valence-electron chi connectivity index (χ3n) is 3.45. The molecule has 138 valence electrons. The molecule has 0 spiro atoms. The van der Waals surface area contributed by atoms with Crippen LogP contribution in [0.2, 0.25) is 5.02 Å². The van der Waals surface area contributed by atoms with E-state index in [9.17, 15) is 18.4 Å². The first-order valence-corrected chi connectivity index (χ1v) is 8.80. The smallest absolute Gasteiger partial charge is 0.325 e. The van der Waals surface area contributed by atoms with Crippen LogP contribution < -0.4 is 0 Å². The van der Waals surface area contributed by atoms with E-state index in [4.69, 9.17) is 11.6 Å². The second kappa shape index (κ2) is 9.54. The summed E-state index contributed by atoms with van der Waals surface area (Å²) in [5, 5.41) is 0.562. The molecule has 0 aliphatic carbocycles. The van der Waals surface area contributed by atoms with E-state index >= 15 is 0 Å². The monoisotopic (exact) mass is 399 g/mol. The Hall–Kier alpha value is -2.12. The number of amides is 1. The molecule has 0 aromatic heterocycles. The van der Waals surface area contributed by atoms with Crippen LogP contribution in [0.5, 0.6) is 0 Å². The lowest BCUT2D eigenvalue weighted by atomic mass is 10.1. The fourth-order valence-corrected chi connectivity index (χ4v) is 2.82. The second-order valence-corrected chi connectivity index (χ2v) is 6.77. The fourth-order valence-electron chi connectivity index (χ4n) is 2.19. The van der Waals surface area contributed by atoms with Gasteiger partial charge < -0.3 is 9.64 Å². The summed E-state index contributed by atoms with van der Waals surface area (Å²) in [6.45, 7) is -0.0515. The molecule has 0 saturated carbocycles. The molecule has 2 rings (SSSR count). The second-order valence-electron chi connectivity index (χ2n) is 5.27. The van der Waals surface area contributed by atoms with Crippen LogP contribution in [0.25, 0.3) is 0 Å². The van der Waals surface area contributed by atoms with Gasteiger partial charge in [0.05, 0.1) is 7.11 Å².